The molecule has 3 aromatic carbocycles. The van der Waals surface area contributed by atoms with E-state index in [9.17, 15) is 13.2 Å². The Balaban J connectivity index is 1.67. The average Bonchev–Trinajstić information content (AvgIpc) is 2.84. The van der Waals surface area contributed by atoms with Crippen LogP contribution in [0.5, 0.6) is 11.5 Å². The minimum Gasteiger partial charge on any atom is -0.490 e. The number of ether oxygens (including phenoxy) is 2. The van der Waals surface area contributed by atoms with E-state index in [4.69, 9.17) is 21.1 Å². The number of sulfonamides is 1. The number of benzene rings is 3. The number of nitrogens with one attached hydrogen (secondary N) is 1. The molecule has 0 spiro atoms. The molecule has 0 heterocycles. The van der Waals surface area contributed by atoms with Crippen molar-refractivity contribution in [3.8, 4) is 11.5 Å². The van der Waals surface area contributed by atoms with Crippen LogP contribution >= 0.6 is 11.6 Å². The second kappa shape index (κ2) is 12.6. The molecule has 0 atom stereocenters. The minimum absolute atomic E-state index is 0.345. The highest BCUT2D eigenvalue weighted by Crippen LogP contribution is 2.29. The molecule has 0 fully saturated rings. The fourth-order valence-electron chi connectivity index (χ4n) is 3.47. The van der Waals surface area contributed by atoms with Crippen molar-refractivity contribution in [2.45, 2.75) is 27.4 Å². The van der Waals surface area contributed by atoms with Crippen LogP contribution in [0.4, 0.5) is 5.69 Å². The summed E-state index contributed by atoms with van der Waals surface area (Å²) in [4.78, 5) is 12.5. The number of carbonyl (C=O) groups excluding carboxylic acids is 1. The Morgan fingerprint density at radius 2 is 1.78 bits per heavy atom. The molecule has 0 unspecified atom stereocenters. The molecule has 0 radical (unpaired) electrons. The number of hydrogen-bond acceptors (Lipinski definition) is 6. The van der Waals surface area contributed by atoms with Gasteiger partial charge in [0.25, 0.3) is 5.91 Å². The summed E-state index contributed by atoms with van der Waals surface area (Å²) < 4.78 is 37.5. The predicted molar refractivity (Wildman–Crippen MR) is 147 cm³/mol. The zero-order valence-electron chi connectivity index (χ0n) is 21.2. The number of amides is 1. The van der Waals surface area contributed by atoms with Crippen molar-refractivity contribution < 1.29 is 22.7 Å². The Kier molecular flexibility index (Phi) is 9.54. The third-order valence-corrected chi connectivity index (χ3v) is 6.89. The van der Waals surface area contributed by atoms with Crippen LogP contribution in [0.1, 0.15) is 29.2 Å². The highest BCUT2D eigenvalue weighted by Gasteiger charge is 2.22. The molecule has 3 rings (SSSR count). The predicted octanol–water partition coefficient (Wildman–Crippen LogP) is 4.85. The molecule has 1 amide bonds. The summed E-state index contributed by atoms with van der Waals surface area (Å²) in [5, 5.41) is 4.64. The molecule has 0 aliphatic rings. The molecular formula is C27H30ClN3O5S. The summed E-state index contributed by atoms with van der Waals surface area (Å²) in [5.41, 5.74) is 6.19. The number of hydrogen-bond donors (Lipinski definition) is 1. The van der Waals surface area contributed by atoms with E-state index < -0.39 is 22.5 Å². The van der Waals surface area contributed by atoms with Gasteiger partial charge in [-0.2, -0.15) is 5.10 Å². The Morgan fingerprint density at radius 3 is 2.46 bits per heavy atom. The maximum absolute atomic E-state index is 12.5. The topological polar surface area (TPSA) is 97.3 Å². The van der Waals surface area contributed by atoms with Crippen LogP contribution in [0.3, 0.4) is 0 Å². The lowest BCUT2D eigenvalue weighted by molar-refractivity contribution is -0.119. The lowest BCUT2D eigenvalue weighted by atomic mass is 10.1. The van der Waals surface area contributed by atoms with E-state index in [1.807, 2.05) is 39.0 Å². The normalized spacial score (nSPS) is 11.4. The van der Waals surface area contributed by atoms with E-state index in [1.54, 1.807) is 42.5 Å². The molecule has 196 valence electrons. The Bertz CT molecular complexity index is 1380. The standard InChI is InChI=1S/C27H30ClN3O5S/c1-5-35-26-15-22(11-14-25(26)36-18-21-9-12-23(28)13-10-21)16-29-30-27(32)17-31(37(4,33)34)24-8-6-7-19(2)20(24)3/h6-16H,5,17-18H2,1-4H3,(H,30,32)/b29-16-. The van der Waals surface area contributed by atoms with Gasteiger partial charge in [0.05, 0.1) is 24.8 Å². The number of anilines is 1. The van der Waals surface area contributed by atoms with Crippen LogP contribution in [0.15, 0.2) is 65.8 Å². The first-order chi connectivity index (χ1) is 17.6. The molecule has 1 N–H and O–H groups in total. The number of halogens is 1. The lowest BCUT2D eigenvalue weighted by Crippen LogP contribution is -2.39. The summed E-state index contributed by atoms with van der Waals surface area (Å²) in [5.74, 6) is 0.524. The van der Waals surface area contributed by atoms with E-state index in [-0.39, 0.29) is 0 Å². The van der Waals surface area contributed by atoms with E-state index in [2.05, 4.69) is 10.5 Å². The van der Waals surface area contributed by atoms with E-state index in [0.717, 1.165) is 27.3 Å². The second-order valence-electron chi connectivity index (χ2n) is 8.34. The molecule has 0 aliphatic carbocycles. The molecule has 0 bridgehead atoms. The molecule has 0 aliphatic heterocycles. The van der Waals surface area contributed by atoms with E-state index in [1.165, 1.54) is 6.21 Å². The van der Waals surface area contributed by atoms with Crippen LogP contribution in [0.25, 0.3) is 0 Å². The first-order valence-corrected chi connectivity index (χ1v) is 13.8. The fourth-order valence-corrected chi connectivity index (χ4v) is 4.50. The van der Waals surface area contributed by atoms with Crippen LogP contribution in [0.2, 0.25) is 5.02 Å². The van der Waals surface area contributed by atoms with Crippen LogP contribution in [-0.2, 0) is 21.4 Å². The molecular weight excluding hydrogens is 514 g/mol. The maximum atomic E-state index is 12.5. The van der Waals surface area contributed by atoms with Gasteiger partial charge < -0.3 is 9.47 Å². The Morgan fingerprint density at radius 1 is 1.05 bits per heavy atom. The molecule has 0 saturated heterocycles. The summed E-state index contributed by atoms with van der Waals surface area (Å²) in [6.07, 6.45) is 2.52. The van der Waals surface area contributed by atoms with Crippen molar-refractivity contribution in [1.29, 1.82) is 0 Å². The van der Waals surface area contributed by atoms with Gasteiger partial charge in [-0.25, -0.2) is 13.8 Å². The third-order valence-electron chi connectivity index (χ3n) is 5.51. The van der Waals surface area contributed by atoms with Crippen molar-refractivity contribution in [3.63, 3.8) is 0 Å². The SMILES string of the molecule is CCOc1cc(/C=N\NC(=O)CN(c2cccc(C)c2C)S(C)(=O)=O)ccc1OCc1ccc(Cl)cc1. The van der Waals surface area contributed by atoms with Gasteiger partial charge in [-0.1, -0.05) is 35.9 Å². The molecule has 8 nitrogen and oxygen atoms in total. The Labute approximate surface area is 222 Å². The van der Waals surface area contributed by atoms with E-state index in [0.29, 0.717) is 41.0 Å². The molecule has 3 aromatic rings. The summed E-state index contributed by atoms with van der Waals surface area (Å²) in [6.45, 7) is 5.95. The number of aryl methyl sites for hydroxylation is 1. The van der Waals surface area contributed by atoms with Crippen LogP contribution in [0, 0.1) is 13.8 Å². The third kappa shape index (κ3) is 7.96. The van der Waals surface area contributed by atoms with Gasteiger partial charge in [0.15, 0.2) is 11.5 Å². The maximum Gasteiger partial charge on any atom is 0.260 e. The number of rotatable bonds is 11. The van der Waals surface area contributed by atoms with Gasteiger partial charge in [-0.15, -0.1) is 0 Å². The van der Waals surface area contributed by atoms with Crippen molar-refractivity contribution in [2.75, 3.05) is 23.7 Å². The molecule has 0 aromatic heterocycles. The van der Waals surface area contributed by atoms with Gasteiger partial charge in [0, 0.05) is 5.02 Å². The lowest BCUT2D eigenvalue weighted by Gasteiger charge is -2.23. The van der Waals surface area contributed by atoms with Gasteiger partial charge in [0.2, 0.25) is 10.0 Å². The fraction of sp³-hybridized carbons (Fsp3) is 0.259. The number of hydrazone groups is 1. The van der Waals surface area contributed by atoms with Crippen LogP contribution < -0.4 is 19.2 Å². The van der Waals surface area contributed by atoms with Gasteiger partial charge >= 0.3 is 0 Å². The average molecular weight is 544 g/mol. The van der Waals surface area contributed by atoms with Crippen LogP contribution in [-0.4, -0.2) is 39.9 Å². The molecule has 0 saturated carbocycles. The monoisotopic (exact) mass is 543 g/mol. The first-order valence-electron chi connectivity index (χ1n) is 11.6. The zero-order chi connectivity index (χ0) is 27.0. The summed E-state index contributed by atoms with van der Waals surface area (Å²) in [6, 6.07) is 18.0. The van der Waals surface area contributed by atoms with Crippen molar-refractivity contribution >= 4 is 39.4 Å². The van der Waals surface area contributed by atoms with Crippen molar-refractivity contribution in [3.05, 3.63) is 87.9 Å². The molecule has 10 heteroatoms. The summed E-state index contributed by atoms with van der Waals surface area (Å²) >= 11 is 5.93. The number of nitrogens with zero attached hydrogens (tertiary/aromatic N) is 2. The zero-order valence-corrected chi connectivity index (χ0v) is 22.8. The number of carbonyl (C=O) groups is 1. The Hall–Kier alpha value is -3.56. The van der Waals surface area contributed by atoms with Crippen molar-refractivity contribution in [1.82, 2.24) is 5.43 Å². The highest BCUT2D eigenvalue weighted by atomic mass is 35.5. The van der Waals surface area contributed by atoms with Gasteiger partial charge in [-0.3, -0.25) is 9.10 Å². The van der Waals surface area contributed by atoms with Gasteiger partial charge in [0.1, 0.15) is 13.2 Å². The second-order valence-corrected chi connectivity index (χ2v) is 10.7. The van der Waals surface area contributed by atoms with Gasteiger partial charge in [-0.05, 0) is 79.4 Å². The quantitative estimate of drug-likeness (QED) is 0.275. The highest BCUT2D eigenvalue weighted by molar-refractivity contribution is 7.92. The first kappa shape index (κ1) is 28.0. The minimum atomic E-state index is -3.69. The largest absolute Gasteiger partial charge is 0.490 e. The molecule has 37 heavy (non-hydrogen) atoms. The van der Waals surface area contributed by atoms with Crippen molar-refractivity contribution in [2.24, 2.45) is 5.10 Å². The van der Waals surface area contributed by atoms with E-state index >= 15 is 0 Å². The smallest absolute Gasteiger partial charge is 0.260 e. The summed E-state index contributed by atoms with van der Waals surface area (Å²) in [7, 11) is -3.69.